The van der Waals surface area contributed by atoms with E-state index in [0.29, 0.717) is 12.1 Å². The van der Waals surface area contributed by atoms with Crippen LogP contribution in [0.15, 0.2) is 48.5 Å². The highest BCUT2D eigenvalue weighted by Crippen LogP contribution is 2.19. The molecule has 1 unspecified atom stereocenters. The first kappa shape index (κ1) is 16.0. The monoisotopic (exact) mass is 303 g/mol. The number of phenols is 1. The molecular weight excluding hydrogens is 285 g/mol. The molecule has 22 heavy (non-hydrogen) atoms. The van der Waals surface area contributed by atoms with E-state index in [1.807, 2.05) is 0 Å². The van der Waals surface area contributed by atoms with Gasteiger partial charge in [-0.25, -0.2) is 4.39 Å². The Kier molecular flexibility index (Phi) is 5.12. The Bertz CT molecular complexity index is 643. The molecule has 116 valence electrons. The number of halogens is 1. The molecule has 0 heterocycles. The van der Waals surface area contributed by atoms with Gasteiger partial charge in [0.15, 0.2) is 0 Å². The minimum Gasteiger partial charge on any atom is -0.508 e. The van der Waals surface area contributed by atoms with Crippen molar-refractivity contribution >= 4 is 5.91 Å². The van der Waals surface area contributed by atoms with Crippen molar-refractivity contribution in [3.63, 3.8) is 0 Å². The first-order chi connectivity index (χ1) is 10.5. The number of benzene rings is 2. The number of carbonyl (C=O) groups is 1. The second kappa shape index (κ2) is 7.04. The summed E-state index contributed by atoms with van der Waals surface area (Å²) in [4.78, 5) is 13.6. The van der Waals surface area contributed by atoms with Gasteiger partial charge in [-0.05, 0) is 35.4 Å². The molecule has 0 saturated heterocycles. The quantitative estimate of drug-likeness (QED) is 0.892. The van der Waals surface area contributed by atoms with Crippen molar-refractivity contribution in [1.29, 1.82) is 0 Å². The molecular formula is C17H18FNO3. The highest BCUT2D eigenvalue weighted by atomic mass is 19.1. The largest absolute Gasteiger partial charge is 0.508 e. The van der Waals surface area contributed by atoms with Crippen molar-refractivity contribution in [3.05, 3.63) is 65.5 Å². The number of nitrogens with zero attached hydrogens (tertiary/aromatic N) is 1. The molecule has 0 aliphatic heterocycles. The fourth-order valence-corrected chi connectivity index (χ4v) is 2.12. The number of rotatable bonds is 5. The SMILES string of the molecule is CN(Cc1ccc(O)cc1)C(=O)CC(O)c1cccc(F)c1. The molecule has 0 aromatic heterocycles. The molecule has 0 aliphatic rings. The summed E-state index contributed by atoms with van der Waals surface area (Å²) in [6.07, 6.45) is -1.15. The fourth-order valence-electron chi connectivity index (χ4n) is 2.12. The van der Waals surface area contributed by atoms with Crippen LogP contribution < -0.4 is 0 Å². The van der Waals surface area contributed by atoms with Crippen molar-refractivity contribution in [2.45, 2.75) is 19.1 Å². The number of phenolic OH excluding ortho intramolecular Hbond substituents is 1. The minimum atomic E-state index is -1.04. The second-order valence-electron chi connectivity index (χ2n) is 5.19. The van der Waals surface area contributed by atoms with Crippen LogP contribution in [0.3, 0.4) is 0 Å². The van der Waals surface area contributed by atoms with Crippen LogP contribution in [0.2, 0.25) is 0 Å². The highest BCUT2D eigenvalue weighted by Gasteiger charge is 2.17. The predicted molar refractivity (Wildman–Crippen MR) is 80.6 cm³/mol. The number of hydrogen-bond donors (Lipinski definition) is 2. The van der Waals surface area contributed by atoms with Gasteiger partial charge in [-0.1, -0.05) is 24.3 Å². The fraction of sp³-hybridized carbons (Fsp3) is 0.235. The van der Waals surface area contributed by atoms with E-state index < -0.39 is 11.9 Å². The maximum atomic E-state index is 13.1. The van der Waals surface area contributed by atoms with Gasteiger partial charge in [0, 0.05) is 13.6 Å². The molecule has 1 amide bonds. The summed E-state index contributed by atoms with van der Waals surface area (Å²) in [5, 5.41) is 19.2. The number of aromatic hydroxyl groups is 1. The van der Waals surface area contributed by atoms with Crippen molar-refractivity contribution in [2.75, 3.05) is 7.05 Å². The lowest BCUT2D eigenvalue weighted by Crippen LogP contribution is -2.27. The maximum absolute atomic E-state index is 13.1. The summed E-state index contributed by atoms with van der Waals surface area (Å²) in [7, 11) is 1.63. The molecule has 0 fully saturated rings. The van der Waals surface area contributed by atoms with Crippen molar-refractivity contribution < 1.29 is 19.4 Å². The highest BCUT2D eigenvalue weighted by molar-refractivity contribution is 5.76. The normalized spacial score (nSPS) is 12.0. The molecule has 0 aliphatic carbocycles. The molecule has 0 spiro atoms. The average Bonchev–Trinajstić information content (AvgIpc) is 2.49. The van der Waals surface area contributed by atoms with Crippen molar-refractivity contribution in [1.82, 2.24) is 4.90 Å². The number of aliphatic hydroxyl groups is 1. The van der Waals surface area contributed by atoms with Crippen molar-refractivity contribution in [3.8, 4) is 5.75 Å². The van der Waals surface area contributed by atoms with Gasteiger partial charge in [0.2, 0.25) is 5.91 Å². The number of amides is 1. The Morgan fingerprint density at radius 3 is 2.55 bits per heavy atom. The van der Waals surface area contributed by atoms with E-state index in [1.54, 1.807) is 37.4 Å². The van der Waals surface area contributed by atoms with Crippen LogP contribution in [-0.2, 0) is 11.3 Å². The van der Waals surface area contributed by atoms with E-state index in [4.69, 9.17) is 0 Å². The molecule has 0 radical (unpaired) electrons. The summed E-state index contributed by atoms with van der Waals surface area (Å²) in [6, 6.07) is 12.1. The smallest absolute Gasteiger partial charge is 0.225 e. The van der Waals surface area contributed by atoms with Gasteiger partial charge in [-0.15, -0.1) is 0 Å². The Morgan fingerprint density at radius 2 is 1.91 bits per heavy atom. The van der Waals surface area contributed by atoms with Gasteiger partial charge in [0.05, 0.1) is 12.5 Å². The van der Waals surface area contributed by atoms with Crippen LogP contribution in [0.4, 0.5) is 4.39 Å². The van der Waals surface area contributed by atoms with Crippen LogP contribution in [0.25, 0.3) is 0 Å². The van der Waals surface area contributed by atoms with Gasteiger partial charge >= 0.3 is 0 Å². The zero-order chi connectivity index (χ0) is 16.1. The van der Waals surface area contributed by atoms with E-state index in [2.05, 4.69) is 0 Å². The Labute approximate surface area is 128 Å². The van der Waals surface area contributed by atoms with E-state index in [-0.39, 0.29) is 18.1 Å². The number of aliphatic hydroxyl groups excluding tert-OH is 1. The Balaban J connectivity index is 1.94. The molecule has 0 saturated carbocycles. The van der Waals surface area contributed by atoms with E-state index in [0.717, 1.165) is 5.56 Å². The Hall–Kier alpha value is -2.40. The Morgan fingerprint density at radius 1 is 1.23 bits per heavy atom. The second-order valence-corrected chi connectivity index (χ2v) is 5.19. The van der Waals surface area contributed by atoms with E-state index >= 15 is 0 Å². The third-order valence-corrected chi connectivity index (χ3v) is 3.38. The molecule has 1 atom stereocenters. The first-order valence-electron chi connectivity index (χ1n) is 6.91. The zero-order valence-electron chi connectivity index (χ0n) is 12.2. The summed E-state index contributed by atoms with van der Waals surface area (Å²) in [6.45, 7) is 0.370. The summed E-state index contributed by atoms with van der Waals surface area (Å²) in [5.41, 5.74) is 1.25. The standard InChI is InChI=1S/C17H18FNO3/c1-19(11-12-5-7-15(20)8-6-12)17(22)10-16(21)13-3-2-4-14(18)9-13/h2-9,16,20-21H,10-11H2,1H3. The van der Waals surface area contributed by atoms with Crippen LogP contribution in [0, 0.1) is 5.82 Å². The molecule has 0 bridgehead atoms. The molecule has 2 N–H and O–H groups in total. The van der Waals surface area contributed by atoms with Gasteiger partial charge < -0.3 is 15.1 Å². The van der Waals surface area contributed by atoms with Gasteiger partial charge in [0.1, 0.15) is 11.6 Å². The maximum Gasteiger partial charge on any atom is 0.225 e. The molecule has 5 heteroatoms. The average molecular weight is 303 g/mol. The molecule has 4 nitrogen and oxygen atoms in total. The lowest BCUT2D eigenvalue weighted by atomic mass is 10.1. The summed E-state index contributed by atoms with van der Waals surface area (Å²) in [5.74, 6) is -0.523. The van der Waals surface area contributed by atoms with Crippen LogP contribution in [0.5, 0.6) is 5.75 Å². The van der Waals surface area contributed by atoms with Crippen molar-refractivity contribution in [2.24, 2.45) is 0 Å². The van der Waals surface area contributed by atoms with Crippen LogP contribution in [0.1, 0.15) is 23.7 Å². The summed E-state index contributed by atoms with van der Waals surface area (Å²) < 4.78 is 13.1. The third kappa shape index (κ3) is 4.30. The van der Waals surface area contributed by atoms with E-state index in [9.17, 15) is 19.4 Å². The van der Waals surface area contributed by atoms with Gasteiger partial charge in [-0.2, -0.15) is 0 Å². The molecule has 2 rings (SSSR count). The van der Waals surface area contributed by atoms with Crippen LogP contribution in [-0.4, -0.2) is 28.1 Å². The lowest BCUT2D eigenvalue weighted by molar-refractivity contribution is -0.132. The van der Waals surface area contributed by atoms with Gasteiger partial charge in [-0.3, -0.25) is 4.79 Å². The molecule has 2 aromatic carbocycles. The van der Waals surface area contributed by atoms with Crippen LogP contribution >= 0.6 is 0 Å². The van der Waals surface area contributed by atoms with E-state index in [1.165, 1.54) is 23.1 Å². The first-order valence-corrected chi connectivity index (χ1v) is 6.91. The zero-order valence-corrected chi connectivity index (χ0v) is 12.2. The summed E-state index contributed by atoms with van der Waals surface area (Å²) >= 11 is 0. The number of hydrogen-bond acceptors (Lipinski definition) is 3. The predicted octanol–water partition coefficient (Wildman–Crippen LogP) is 2.61. The molecule has 2 aromatic rings. The minimum absolute atomic E-state index is 0.113. The van der Waals surface area contributed by atoms with Gasteiger partial charge in [0.25, 0.3) is 0 Å². The lowest BCUT2D eigenvalue weighted by Gasteiger charge is -2.19. The topological polar surface area (TPSA) is 60.8 Å². The third-order valence-electron chi connectivity index (χ3n) is 3.38. The number of carbonyl (C=O) groups excluding carboxylic acids is 1.